The third-order valence-electron chi connectivity index (χ3n) is 4.67. The maximum absolute atomic E-state index is 12.9. The van der Waals surface area contributed by atoms with Crippen molar-refractivity contribution in [3.05, 3.63) is 0 Å². The van der Waals surface area contributed by atoms with Crippen LogP contribution in [0.1, 0.15) is 60.8 Å². The summed E-state index contributed by atoms with van der Waals surface area (Å²) in [5, 5.41) is 0. The molecular weight excluding hydrogens is 236 g/mol. The average molecular weight is 266 g/mol. The molecule has 0 aliphatic carbocycles. The number of likely N-dealkylation sites (tertiary alicyclic amines) is 2. The highest BCUT2D eigenvalue weighted by Crippen LogP contribution is 2.37. The summed E-state index contributed by atoms with van der Waals surface area (Å²) in [6, 6.07) is 0.113. The highest BCUT2D eigenvalue weighted by Gasteiger charge is 2.47. The Morgan fingerprint density at radius 3 is 2.11 bits per heavy atom. The van der Waals surface area contributed by atoms with E-state index < -0.39 is 0 Å². The molecule has 0 aromatic heterocycles. The Labute approximate surface area is 118 Å². The Kier molecular flexibility index (Phi) is 3.72. The molecule has 0 bridgehead atoms. The Bertz CT molecular complexity index is 351. The fourth-order valence-corrected chi connectivity index (χ4v) is 3.70. The van der Waals surface area contributed by atoms with Crippen LogP contribution in [0.2, 0.25) is 0 Å². The molecule has 0 aromatic carbocycles. The molecule has 0 saturated carbocycles. The smallest absolute Gasteiger partial charge is 0.240 e. The van der Waals surface area contributed by atoms with Crippen LogP contribution in [0.5, 0.6) is 0 Å². The quantitative estimate of drug-likeness (QED) is 0.673. The molecule has 0 spiro atoms. The molecule has 19 heavy (non-hydrogen) atoms. The van der Waals surface area contributed by atoms with Crippen molar-refractivity contribution in [1.29, 1.82) is 0 Å². The zero-order chi connectivity index (χ0) is 14.4. The average Bonchev–Trinajstić information content (AvgIpc) is 2.25. The van der Waals surface area contributed by atoms with E-state index in [1.165, 1.54) is 19.3 Å². The number of carbonyl (C=O) groups is 1. The summed E-state index contributed by atoms with van der Waals surface area (Å²) in [5.74, 6) is 0.928. The monoisotopic (exact) mass is 266 g/mol. The van der Waals surface area contributed by atoms with Gasteiger partial charge in [0, 0.05) is 17.6 Å². The van der Waals surface area contributed by atoms with Crippen LogP contribution in [0.3, 0.4) is 0 Å². The second-order valence-corrected chi connectivity index (χ2v) is 8.16. The molecule has 1 amide bonds. The molecule has 110 valence electrons. The lowest BCUT2D eigenvalue weighted by molar-refractivity contribution is -0.155. The van der Waals surface area contributed by atoms with E-state index in [0.29, 0.717) is 11.8 Å². The van der Waals surface area contributed by atoms with Crippen molar-refractivity contribution in [2.75, 3.05) is 13.1 Å². The van der Waals surface area contributed by atoms with Crippen LogP contribution in [-0.4, -0.2) is 45.9 Å². The summed E-state index contributed by atoms with van der Waals surface area (Å²) < 4.78 is 0. The minimum absolute atomic E-state index is 0.0525. The van der Waals surface area contributed by atoms with Crippen LogP contribution >= 0.6 is 0 Å². The zero-order valence-electron chi connectivity index (χ0n) is 13.5. The lowest BCUT2D eigenvalue weighted by atomic mass is 9.79. The summed E-state index contributed by atoms with van der Waals surface area (Å²) >= 11 is 0. The van der Waals surface area contributed by atoms with E-state index in [0.717, 1.165) is 13.1 Å². The van der Waals surface area contributed by atoms with Crippen LogP contribution in [0.15, 0.2) is 0 Å². The second kappa shape index (κ2) is 4.76. The molecule has 0 aromatic rings. The summed E-state index contributed by atoms with van der Waals surface area (Å²) in [6.07, 6.45) is 3.63. The number of hydrogen-bond acceptors (Lipinski definition) is 2. The number of carbonyl (C=O) groups excluding carboxylic acids is 1. The zero-order valence-corrected chi connectivity index (χ0v) is 13.5. The first-order valence-corrected chi connectivity index (χ1v) is 7.70. The Morgan fingerprint density at radius 1 is 0.947 bits per heavy atom. The van der Waals surface area contributed by atoms with Gasteiger partial charge in [0.25, 0.3) is 0 Å². The Balaban J connectivity index is 2.27. The largest absolute Gasteiger partial charge is 0.336 e. The van der Waals surface area contributed by atoms with Gasteiger partial charge in [0.1, 0.15) is 0 Å². The van der Waals surface area contributed by atoms with Crippen LogP contribution < -0.4 is 0 Å². The predicted octanol–water partition coefficient (Wildman–Crippen LogP) is 2.90. The van der Waals surface area contributed by atoms with Gasteiger partial charge in [-0.3, -0.25) is 9.69 Å². The van der Waals surface area contributed by atoms with Crippen LogP contribution in [0, 0.1) is 5.92 Å². The lowest BCUT2D eigenvalue weighted by Crippen LogP contribution is -2.65. The van der Waals surface area contributed by atoms with Crippen molar-refractivity contribution in [2.24, 2.45) is 5.92 Å². The van der Waals surface area contributed by atoms with Crippen molar-refractivity contribution in [1.82, 2.24) is 9.80 Å². The molecule has 2 atom stereocenters. The minimum atomic E-state index is -0.0525. The summed E-state index contributed by atoms with van der Waals surface area (Å²) in [4.78, 5) is 17.5. The fourth-order valence-electron chi connectivity index (χ4n) is 3.70. The molecule has 2 aliphatic heterocycles. The van der Waals surface area contributed by atoms with Gasteiger partial charge in [0.15, 0.2) is 0 Å². The van der Waals surface area contributed by atoms with Gasteiger partial charge >= 0.3 is 0 Å². The molecule has 2 heterocycles. The van der Waals surface area contributed by atoms with Crippen LogP contribution in [0.25, 0.3) is 0 Å². The van der Waals surface area contributed by atoms with E-state index in [-0.39, 0.29) is 17.1 Å². The number of piperidine rings is 2. The summed E-state index contributed by atoms with van der Waals surface area (Å²) in [6.45, 7) is 15.1. The highest BCUT2D eigenvalue weighted by molar-refractivity contribution is 5.84. The van der Waals surface area contributed by atoms with Crippen LogP contribution in [-0.2, 0) is 4.79 Å². The maximum Gasteiger partial charge on any atom is 0.240 e. The minimum Gasteiger partial charge on any atom is -0.336 e. The molecule has 2 aliphatic rings. The van der Waals surface area contributed by atoms with Crippen LogP contribution in [0.4, 0.5) is 0 Å². The summed E-state index contributed by atoms with van der Waals surface area (Å²) in [5.41, 5.74) is 0.0307. The van der Waals surface area contributed by atoms with E-state index in [4.69, 9.17) is 0 Å². The third kappa shape index (κ3) is 2.81. The number of rotatable bonds is 0. The predicted molar refractivity (Wildman–Crippen MR) is 79.1 cm³/mol. The topological polar surface area (TPSA) is 23.6 Å². The third-order valence-corrected chi connectivity index (χ3v) is 4.67. The van der Waals surface area contributed by atoms with Gasteiger partial charge < -0.3 is 4.90 Å². The number of amides is 1. The van der Waals surface area contributed by atoms with Crippen molar-refractivity contribution in [2.45, 2.75) is 77.9 Å². The van der Waals surface area contributed by atoms with Gasteiger partial charge in [-0.15, -0.1) is 0 Å². The van der Waals surface area contributed by atoms with Crippen molar-refractivity contribution in [3.8, 4) is 0 Å². The SMILES string of the molecule is CC(C)(C)N1CCC2CCCN(C(C)(C)C)C2C1=O. The first kappa shape index (κ1) is 14.8. The Morgan fingerprint density at radius 2 is 1.58 bits per heavy atom. The lowest BCUT2D eigenvalue weighted by Gasteiger charge is -2.53. The van der Waals surface area contributed by atoms with E-state index in [9.17, 15) is 4.79 Å². The highest BCUT2D eigenvalue weighted by atomic mass is 16.2. The van der Waals surface area contributed by atoms with E-state index >= 15 is 0 Å². The number of fused-ring (bicyclic) bond motifs is 1. The fraction of sp³-hybridized carbons (Fsp3) is 0.938. The van der Waals surface area contributed by atoms with Crippen molar-refractivity contribution >= 4 is 5.91 Å². The molecule has 2 fully saturated rings. The molecule has 2 rings (SSSR count). The van der Waals surface area contributed by atoms with Gasteiger partial charge in [-0.2, -0.15) is 0 Å². The van der Waals surface area contributed by atoms with E-state index in [2.05, 4.69) is 51.3 Å². The molecule has 0 radical (unpaired) electrons. The number of hydrogen-bond donors (Lipinski definition) is 0. The second-order valence-electron chi connectivity index (χ2n) is 8.16. The molecule has 0 N–H and O–H groups in total. The molecule has 3 heteroatoms. The van der Waals surface area contributed by atoms with Gasteiger partial charge in [0.2, 0.25) is 5.91 Å². The van der Waals surface area contributed by atoms with Crippen molar-refractivity contribution in [3.63, 3.8) is 0 Å². The maximum atomic E-state index is 12.9. The Hall–Kier alpha value is -0.570. The van der Waals surface area contributed by atoms with Gasteiger partial charge in [-0.25, -0.2) is 0 Å². The number of nitrogens with zero attached hydrogens (tertiary/aromatic N) is 2. The van der Waals surface area contributed by atoms with Crippen molar-refractivity contribution < 1.29 is 4.79 Å². The van der Waals surface area contributed by atoms with Gasteiger partial charge in [-0.1, -0.05) is 0 Å². The molecule has 3 nitrogen and oxygen atoms in total. The molecule has 2 unspecified atom stereocenters. The summed E-state index contributed by atoms with van der Waals surface area (Å²) in [7, 11) is 0. The van der Waals surface area contributed by atoms with Gasteiger partial charge in [0.05, 0.1) is 6.04 Å². The van der Waals surface area contributed by atoms with E-state index in [1.54, 1.807) is 0 Å². The first-order chi connectivity index (χ1) is 8.62. The normalized spacial score (nSPS) is 30.4. The first-order valence-electron chi connectivity index (χ1n) is 7.70. The van der Waals surface area contributed by atoms with E-state index in [1.807, 2.05) is 0 Å². The molecule has 2 saturated heterocycles. The van der Waals surface area contributed by atoms with Gasteiger partial charge in [-0.05, 0) is 73.3 Å². The molecular formula is C16H30N2O. The standard InChI is InChI=1S/C16H30N2O/c1-15(2,3)17-10-7-8-12-9-11-18(16(4,5)6)14(19)13(12)17/h12-13H,7-11H2,1-6H3.